The van der Waals surface area contributed by atoms with Crippen LogP contribution < -0.4 is 0 Å². The second-order valence-electron chi connectivity index (χ2n) is 8.31. The Morgan fingerprint density at radius 1 is 1.19 bits per heavy atom. The molecule has 0 spiro atoms. The highest BCUT2D eigenvalue weighted by atomic mass is 35.5. The van der Waals surface area contributed by atoms with Gasteiger partial charge in [0.25, 0.3) is 0 Å². The zero-order valence-electron chi connectivity index (χ0n) is 18.3. The van der Waals surface area contributed by atoms with E-state index in [0.29, 0.717) is 29.7 Å². The van der Waals surface area contributed by atoms with Crippen LogP contribution >= 0.6 is 11.6 Å². The normalized spacial score (nSPS) is 15.2. The summed E-state index contributed by atoms with van der Waals surface area (Å²) in [6.45, 7) is 7.84. The van der Waals surface area contributed by atoms with Crippen LogP contribution in [0.4, 0.5) is 0 Å². The van der Waals surface area contributed by atoms with E-state index in [1.54, 1.807) is 0 Å². The minimum absolute atomic E-state index is 0.361. The number of benzene rings is 1. The SMILES string of the molecule is CCN1CC(N=CCC(=N)c2cc3c(ccc4nnc(C)n43)n2Cc2cccc(Cl)c2)C1. The van der Waals surface area contributed by atoms with Crippen molar-refractivity contribution in [2.24, 2.45) is 4.99 Å². The fraction of sp³-hybridized carbons (Fsp3) is 0.333. The van der Waals surface area contributed by atoms with Crippen LogP contribution in [0.5, 0.6) is 0 Å². The molecule has 3 aromatic heterocycles. The van der Waals surface area contributed by atoms with Gasteiger partial charge in [-0.2, -0.15) is 0 Å². The van der Waals surface area contributed by atoms with Crippen LogP contribution in [0.2, 0.25) is 5.02 Å². The van der Waals surface area contributed by atoms with Gasteiger partial charge in [0.2, 0.25) is 0 Å². The Hall–Kier alpha value is -3.03. The van der Waals surface area contributed by atoms with Crippen LogP contribution in [0.3, 0.4) is 0 Å². The number of pyridine rings is 1. The molecule has 8 heteroatoms. The van der Waals surface area contributed by atoms with E-state index in [2.05, 4.69) is 49.8 Å². The molecule has 1 aliphatic heterocycles. The topological polar surface area (TPSA) is 74.6 Å². The van der Waals surface area contributed by atoms with Crippen molar-refractivity contribution in [2.75, 3.05) is 19.6 Å². The number of halogens is 1. The molecule has 1 N–H and O–H groups in total. The second-order valence-corrected chi connectivity index (χ2v) is 8.75. The highest BCUT2D eigenvalue weighted by Crippen LogP contribution is 2.25. The van der Waals surface area contributed by atoms with Gasteiger partial charge in [0.05, 0.1) is 28.5 Å². The van der Waals surface area contributed by atoms with Crippen LogP contribution in [0.25, 0.3) is 16.7 Å². The highest BCUT2D eigenvalue weighted by Gasteiger charge is 2.23. The van der Waals surface area contributed by atoms with Gasteiger partial charge in [-0.1, -0.05) is 30.7 Å². The number of likely N-dealkylation sites (tertiary alicyclic amines) is 1. The van der Waals surface area contributed by atoms with E-state index in [1.165, 1.54) is 0 Å². The predicted octanol–water partition coefficient (Wildman–Crippen LogP) is 4.23. The Kier molecular flexibility index (Phi) is 5.53. The van der Waals surface area contributed by atoms with E-state index in [4.69, 9.17) is 17.0 Å². The first-order valence-electron chi connectivity index (χ1n) is 10.9. The van der Waals surface area contributed by atoms with Crippen LogP contribution in [0, 0.1) is 12.3 Å². The smallest absolute Gasteiger partial charge is 0.161 e. The Morgan fingerprint density at radius 3 is 2.81 bits per heavy atom. The lowest BCUT2D eigenvalue weighted by Gasteiger charge is -2.35. The van der Waals surface area contributed by atoms with Crippen LogP contribution in [0.1, 0.15) is 30.4 Å². The van der Waals surface area contributed by atoms with E-state index in [9.17, 15) is 0 Å². The minimum Gasteiger partial charge on any atom is -0.334 e. The first-order valence-corrected chi connectivity index (χ1v) is 11.3. The molecule has 0 radical (unpaired) electrons. The van der Waals surface area contributed by atoms with Gasteiger partial charge in [-0.3, -0.25) is 14.3 Å². The summed E-state index contributed by atoms with van der Waals surface area (Å²) in [5.74, 6) is 0.829. The first kappa shape index (κ1) is 20.8. The molecule has 0 amide bonds. The summed E-state index contributed by atoms with van der Waals surface area (Å²) in [6, 6.07) is 14.3. The summed E-state index contributed by atoms with van der Waals surface area (Å²) in [4.78, 5) is 7.03. The Bertz CT molecular complexity index is 1330. The number of hydrogen-bond donors (Lipinski definition) is 1. The quantitative estimate of drug-likeness (QED) is 0.431. The summed E-state index contributed by atoms with van der Waals surface area (Å²) >= 11 is 6.23. The molecule has 4 aromatic rings. The molecule has 5 rings (SSSR count). The number of aliphatic imine (C=N–C) groups is 1. The number of aromatic nitrogens is 4. The molecule has 0 bridgehead atoms. The summed E-state index contributed by atoms with van der Waals surface area (Å²) < 4.78 is 4.22. The van der Waals surface area contributed by atoms with E-state index in [1.807, 2.05) is 41.8 Å². The second kappa shape index (κ2) is 8.48. The zero-order chi connectivity index (χ0) is 22.2. The number of nitrogens with one attached hydrogen (secondary N) is 1. The van der Waals surface area contributed by atoms with Crippen molar-refractivity contribution in [3.8, 4) is 0 Å². The van der Waals surface area contributed by atoms with Crippen molar-refractivity contribution in [2.45, 2.75) is 32.9 Å². The molecule has 0 saturated carbocycles. The van der Waals surface area contributed by atoms with Crippen LogP contribution in [-0.4, -0.2) is 61.7 Å². The monoisotopic (exact) mass is 447 g/mol. The molecule has 32 heavy (non-hydrogen) atoms. The maximum absolute atomic E-state index is 8.84. The minimum atomic E-state index is 0.361. The lowest BCUT2D eigenvalue weighted by Crippen LogP contribution is -2.49. The van der Waals surface area contributed by atoms with Crippen molar-refractivity contribution in [3.63, 3.8) is 0 Å². The maximum Gasteiger partial charge on any atom is 0.161 e. The third kappa shape index (κ3) is 3.82. The lowest BCUT2D eigenvalue weighted by atomic mass is 10.1. The zero-order valence-corrected chi connectivity index (χ0v) is 19.0. The molecule has 7 nitrogen and oxygen atoms in total. The van der Waals surface area contributed by atoms with Gasteiger partial charge < -0.3 is 9.98 Å². The van der Waals surface area contributed by atoms with Crippen molar-refractivity contribution in [3.05, 3.63) is 64.6 Å². The third-order valence-corrected chi connectivity index (χ3v) is 6.37. The molecular weight excluding hydrogens is 422 g/mol. The molecule has 0 aliphatic carbocycles. The van der Waals surface area contributed by atoms with E-state index < -0.39 is 0 Å². The number of rotatable bonds is 7. The number of aryl methyl sites for hydroxylation is 1. The molecule has 1 saturated heterocycles. The maximum atomic E-state index is 8.84. The van der Waals surface area contributed by atoms with Gasteiger partial charge in [-0.25, -0.2) is 0 Å². The average molecular weight is 448 g/mol. The molecule has 1 aromatic carbocycles. The number of fused-ring (bicyclic) bond motifs is 3. The van der Waals surface area contributed by atoms with Gasteiger partial charge >= 0.3 is 0 Å². The number of nitrogens with zero attached hydrogens (tertiary/aromatic N) is 6. The summed E-state index contributed by atoms with van der Waals surface area (Å²) in [7, 11) is 0. The molecule has 164 valence electrons. The van der Waals surface area contributed by atoms with Crippen LogP contribution in [0.15, 0.2) is 47.5 Å². The number of hydrogen-bond acceptors (Lipinski definition) is 5. The average Bonchev–Trinajstić information content (AvgIpc) is 3.30. The van der Waals surface area contributed by atoms with Crippen molar-refractivity contribution in [1.82, 2.24) is 24.1 Å². The summed E-state index contributed by atoms with van der Waals surface area (Å²) in [6.07, 6.45) is 2.40. The Morgan fingerprint density at radius 2 is 2.03 bits per heavy atom. The molecular formula is C24H26ClN7. The fourth-order valence-corrected chi connectivity index (χ4v) is 4.59. The lowest BCUT2D eigenvalue weighted by molar-refractivity contribution is 0.161. The van der Waals surface area contributed by atoms with E-state index in [0.717, 1.165) is 53.4 Å². The van der Waals surface area contributed by atoms with E-state index in [-0.39, 0.29) is 0 Å². The standard InChI is InChI=1S/C24H26ClN7/c1-3-30-14-19(15-30)27-10-9-20(26)22-12-23-21(7-8-24-29-28-16(2)32(23)24)31(22)13-17-5-4-6-18(25)11-17/h4-8,10-12,19,26H,3,9,13-15H2,1-2H3. The molecule has 1 aliphatic rings. The van der Waals surface area contributed by atoms with Crippen molar-refractivity contribution >= 4 is 40.2 Å². The molecule has 0 unspecified atom stereocenters. The Labute approximate surface area is 191 Å². The third-order valence-electron chi connectivity index (χ3n) is 6.13. The molecule has 4 heterocycles. The predicted molar refractivity (Wildman–Crippen MR) is 130 cm³/mol. The van der Waals surface area contributed by atoms with Crippen molar-refractivity contribution in [1.29, 1.82) is 5.41 Å². The Balaban J connectivity index is 1.51. The number of likely N-dealkylation sites (N-methyl/N-ethyl adjacent to an activating group) is 1. The fourth-order valence-electron chi connectivity index (χ4n) is 4.37. The van der Waals surface area contributed by atoms with E-state index >= 15 is 0 Å². The van der Waals surface area contributed by atoms with Gasteiger partial charge in [-0.05, 0) is 49.4 Å². The van der Waals surface area contributed by atoms with Crippen molar-refractivity contribution < 1.29 is 0 Å². The van der Waals surface area contributed by atoms with Crippen LogP contribution in [-0.2, 0) is 6.54 Å². The van der Waals surface area contributed by atoms with Gasteiger partial charge in [0.15, 0.2) is 5.65 Å². The summed E-state index contributed by atoms with van der Waals surface area (Å²) in [5.41, 5.74) is 5.34. The largest absolute Gasteiger partial charge is 0.334 e. The summed E-state index contributed by atoms with van der Waals surface area (Å²) in [5, 5.41) is 18.0. The first-order chi connectivity index (χ1) is 15.5. The molecule has 0 atom stereocenters. The highest BCUT2D eigenvalue weighted by molar-refractivity contribution is 6.30. The molecule has 1 fully saturated rings. The van der Waals surface area contributed by atoms with Gasteiger partial charge in [0, 0.05) is 37.3 Å². The van der Waals surface area contributed by atoms with Gasteiger partial charge in [-0.15, -0.1) is 10.2 Å². The van der Waals surface area contributed by atoms with Gasteiger partial charge in [0.1, 0.15) is 5.82 Å².